The van der Waals surface area contributed by atoms with Crippen LogP contribution in [-0.4, -0.2) is 49.5 Å². The largest absolute Gasteiger partial charge is 0.268 e. The number of fused-ring (bicyclic) bond motifs is 1. The Hall–Kier alpha value is -3.67. The SMILES string of the molecule is Cn1nnc2cc(C(=O)NS(=O)(=O)c3cccc(-n4cnnn4)c3)ccc21. The summed E-state index contributed by atoms with van der Waals surface area (Å²) in [6, 6.07) is 10.5. The molecular formula is C15H12N8O3S. The van der Waals surface area contributed by atoms with E-state index in [4.69, 9.17) is 0 Å². The van der Waals surface area contributed by atoms with E-state index in [1.165, 1.54) is 41.3 Å². The minimum absolute atomic E-state index is 0.0931. The molecule has 2 aromatic carbocycles. The maximum absolute atomic E-state index is 12.6. The number of nitrogens with zero attached hydrogens (tertiary/aromatic N) is 7. The van der Waals surface area contributed by atoms with Gasteiger partial charge in [-0.15, -0.1) is 10.2 Å². The Morgan fingerprint density at radius 2 is 1.96 bits per heavy atom. The quantitative estimate of drug-likeness (QED) is 0.521. The molecule has 0 spiro atoms. The molecule has 2 aromatic heterocycles. The molecular weight excluding hydrogens is 372 g/mol. The van der Waals surface area contributed by atoms with E-state index in [2.05, 4.69) is 30.6 Å². The molecule has 0 bridgehead atoms. The third-order valence-electron chi connectivity index (χ3n) is 3.84. The van der Waals surface area contributed by atoms with Crippen molar-refractivity contribution in [1.29, 1.82) is 0 Å². The minimum atomic E-state index is -4.09. The van der Waals surface area contributed by atoms with Crippen LogP contribution in [0.15, 0.2) is 53.7 Å². The third kappa shape index (κ3) is 3.13. The van der Waals surface area contributed by atoms with Gasteiger partial charge in [-0.2, -0.15) is 0 Å². The second-order valence-corrected chi connectivity index (χ2v) is 7.29. The summed E-state index contributed by atoms with van der Waals surface area (Å²) in [5, 5.41) is 18.5. The monoisotopic (exact) mass is 384 g/mol. The van der Waals surface area contributed by atoms with Gasteiger partial charge in [0.15, 0.2) is 0 Å². The van der Waals surface area contributed by atoms with Crippen LogP contribution in [0.1, 0.15) is 10.4 Å². The number of rotatable bonds is 4. The standard InChI is InChI=1S/C15H12N8O3S/c1-22-14-6-5-10(7-13(14)17-20-22)15(24)18-27(25,26)12-4-2-3-11(8-12)23-9-16-19-21-23/h2-9H,1H3,(H,18,24). The topological polar surface area (TPSA) is 138 Å². The van der Waals surface area contributed by atoms with Gasteiger partial charge in [-0.3, -0.25) is 4.79 Å². The third-order valence-corrected chi connectivity index (χ3v) is 5.17. The zero-order chi connectivity index (χ0) is 19.0. The number of amides is 1. The molecule has 27 heavy (non-hydrogen) atoms. The lowest BCUT2D eigenvalue weighted by atomic mass is 10.2. The summed E-state index contributed by atoms with van der Waals surface area (Å²) in [7, 11) is -2.37. The summed E-state index contributed by atoms with van der Waals surface area (Å²) in [6.07, 6.45) is 1.33. The first-order valence-corrected chi connectivity index (χ1v) is 9.12. The van der Waals surface area contributed by atoms with E-state index in [0.29, 0.717) is 11.2 Å². The Morgan fingerprint density at radius 3 is 2.74 bits per heavy atom. The molecule has 0 radical (unpaired) electrons. The second kappa shape index (κ2) is 6.25. The zero-order valence-electron chi connectivity index (χ0n) is 13.9. The van der Waals surface area contributed by atoms with Crippen molar-refractivity contribution in [1.82, 2.24) is 39.9 Å². The van der Waals surface area contributed by atoms with E-state index in [1.807, 2.05) is 0 Å². The van der Waals surface area contributed by atoms with Gasteiger partial charge in [0.2, 0.25) is 0 Å². The van der Waals surface area contributed by atoms with Crippen molar-refractivity contribution in [2.75, 3.05) is 0 Å². The summed E-state index contributed by atoms with van der Waals surface area (Å²) in [6.45, 7) is 0. The number of hydrogen-bond acceptors (Lipinski definition) is 8. The van der Waals surface area contributed by atoms with E-state index in [-0.39, 0.29) is 10.5 Å². The van der Waals surface area contributed by atoms with Gasteiger partial charge in [-0.1, -0.05) is 11.3 Å². The van der Waals surface area contributed by atoms with Crippen LogP contribution in [0.3, 0.4) is 0 Å². The average molecular weight is 384 g/mol. The van der Waals surface area contributed by atoms with Crippen molar-refractivity contribution in [3.8, 4) is 5.69 Å². The molecule has 0 saturated carbocycles. The van der Waals surface area contributed by atoms with Crippen LogP contribution in [0.5, 0.6) is 0 Å². The summed E-state index contributed by atoms with van der Waals surface area (Å²) in [5.41, 5.74) is 1.81. The van der Waals surface area contributed by atoms with Crippen molar-refractivity contribution >= 4 is 27.0 Å². The zero-order valence-corrected chi connectivity index (χ0v) is 14.7. The molecule has 4 aromatic rings. The molecule has 1 amide bonds. The molecule has 1 N–H and O–H groups in total. The first kappa shape index (κ1) is 16.8. The van der Waals surface area contributed by atoms with Crippen molar-refractivity contribution < 1.29 is 13.2 Å². The number of benzene rings is 2. The van der Waals surface area contributed by atoms with Gasteiger partial charge < -0.3 is 0 Å². The first-order valence-electron chi connectivity index (χ1n) is 7.64. The molecule has 11 nitrogen and oxygen atoms in total. The lowest BCUT2D eigenvalue weighted by Crippen LogP contribution is -2.30. The van der Waals surface area contributed by atoms with Crippen LogP contribution < -0.4 is 4.72 Å². The molecule has 0 aliphatic heterocycles. The summed E-state index contributed by atoms with van der Waals surface area (Å²) in [4.78, 5) is 12.3. The molecule has 0 unspecified atom stereocenters. The molecule has 0 aliphatic rings. The van der Waals surface area contributed by atoms with Crippen molar-refractivity contribution in [2.24, 2.45) is 7.05 Å². The van der Waals surface area contributed by atoms with Crippen molar-refractivity contribution in [2.45, 2.75) is 4.90 Å². The maximum Gasteiger partial charge on any atom is 0.265 e. The molecule has 0 aliphatic carbocycles. The molecule has 4 rings (SSSR count). The van der Waals surface area contributed by atoms with Crippen LogP contribution in [0.25, 0.3) is 16.7 Å². The average Bonchev–Trinajstić information content (AvgIpc) is 3.32. The normalized spacial score (nSPS) is 11.6. The Balaban J connectivity index is 1.62. The Labute approximate surface area is 152 Å². The van der Waals surface area contributed by atoms with E-state index >= 15 is 0 Å². The number of carbonyl (C=O) groups excluding carboxylic acids is 1. The van der Waals surface area contributed by atoms with Gasteiger partial charge in [0.25, 0.3) is 15.9 Å². The molecule has 0 saturated heterocycles. The number of aryl methyl sites for hydroxylation is 1. The van der Waals surface area contributed by atoms with Gasteiger partial charge in [0.1, 0.15) is 11.8 Å². The Morgan fingerprint density at radius 1 is 1.11 bits per heavy atom. The minimum Gasteiger partial charge on any atom is -0.268 e. The Bertz CT molecular complexity index is 1250. The molecule has 136 valence electrons. The van der Waals surface area contributed by atoms with E-state index < -0.39 is 15.9 Å². The lowest BCUT2D eigenvalue weighted by molar-refractivity contribution is 0.0981. The fourth-order valence-corrected chi connectivity index (χ4v) is 3.51. The van der Waals surface area contributed by atoms with Crippen LogP contribution in [0.2, 0.25) is 0 Å². The smallest absolute Gasteiger partial charge is 0.265 e. The highest BCUT2D eigenvalue weighted by Gasteiger charge is 2.20. The van der Waals surface area contributed by atoms with Crippen molar-refractivity contribution in [3.63, 3.8) is 0 Å². The van der Waals surface area contributed by atoms with Crippen LogP contribution in [-0.2, 0) is 17.1 Å². The number of hydrogen-bond donors (Lipinski definition) is 1. The maximum atomic E-state index is 12.6. The highest BCUT2D eigenvalue weighted by molar-refractivity contribution is 7.90. The van der Waals surface area contributed by atoms with Crippen LogP contribution in [0, 0.1) is 0 Å². The highest BCUT2D eigenvalue weighted by atomic mass is 32.2. The van der Waals surface area contributed by atoms with Gasteiger partial charge in [0, 0.05) is 12.6 Å². The van der Waals surface area contributed by atoms with Crippen LogP contribution >= 0.6 is 0 Å². The predicted octanol–water partition coefficient (Wildman–Crippen LogP) is 0.0627. The molecule has 0 atom stereocenters. The number of tetrazole rings is 1. The van der Waals surface area contributed by atoms with Gasteiger partial charge in [0.05, 0.1) is 16.1 Å². The van der Waals surface area contributed by atoms with E-state index in [9.17, 15) is 13.2 Å². The van der Waals surface area contributed by atoms with E-state index in [1.54, 1.807) is 23.9 Å². The van der Waals surface area contributed by atoms with E-state index in [0.717, 1.165) is 5.52 Å². The molecule has 0 fully saturated rings. The highest BCUT2D eigenvalue weighted by Crippen LogP contribution is 2.16. The predicted molar refractivity (Wildman–Crippen MR) is 92.3 cm³/mol. The van der Waals surface area contributed by atoms with Crippen molar-refractivity contribution in [3.05, 3.63) is 54.4 Å². The molecule has 12 heteroatoms. The number of carbonyl (C=O) groups is 1. The molecule has 2 heterocycles. The van der Waals surface area contributed by atoms with Gasteiger partial charge in [-0.25, -0.2) is 22.5 Å². The fraction of sp³-hybridized carbons (Fsp3) is 0.0667. The second-order valence-electron chi connectivity index (χ2n) is 5.60. The fourth-order valence-electron chi connectivity index (χ4n) is 2.49. The Kier molecular flexibility index (Phi) is 3.88. The summed E-state index contributed by atoms with van der Waals surface area (Å²) >= 11 is 0. The van der Waals surface area contributed by atoms with Gasteiger partial charge in [-0.05, 0) is 46.8 Å². The van der Waals surface area contributed by atoms with Crippen LogP contribution in [0.4, 0.5) is 0 Å². The summed E-state index contributed by atoms with van der Waals surface area (Å²) in [5.74, 6) is -0.768. The summed E-state index contributed by atoms with van der Waals surface area (Å²) < 4.78 is 30.1. The number of nitrogens with one attached hydrogen (secondary N) is 1. The number of sulfonamides is 1. The first-order chi connectivity index (χ1) is 12.9. The number of aromatic nitrogens is 7. The van der Waals surface area contributed by atoms with Gasteiger partial charge >= 0.3 is 0 Å². The lowest BCUT2D eigenvalue weighted by Gasteiger charge is -2.08.